The summed E-state index contributed by atoms with van der Waals surface area (Å²) in [6.45, 7) is 4.58. The van der Waals surface area contributed by atoms with Crippen LogP contribution in [0.3, 0.4) is 0 Å². The highest BCUT2D eigenvalue weighted by atomic mass is 32.1. The molecule has 2 aromatic rings. The van der Waals surface area contributed by atoms with Crippen molar-refractivity contribution in [3.8, 4) is 0 Å². The molecule has 3 heteroatoms. The van der Waals surface area contributed by atoms with E-state index in [-0.39, 0.29) is 5.97 Å². The highest BCUT2D eigenvalue weighted by Gasteiger charge is 2.13. The molecule has 0 unspecified atom stereocenters. The number of hydrogen-bond acceptors (Lipinski definition) is 3. The molecule has 0 saturated heterocycles. The SMILES string of the molecule is CCCCc1sc(C(=O)OCc2ccccc2)cc1C. The Balaban J connectivity index is 1.95. The molecule has 0 saturated carbocycles. The lowest BCUT2D eigenvalue weighted by Crippen LogP contribution is -2.02. The second-order valence-electron chi connectivity index (χ2n) is 4.88. The van der Waals surface area contributed by atoms with Crippen LogP contribution in [0.5, 0.6) is 0 Å². The molecule has 1 heterocycles. The van der Waals surface area contributed by atoms with Crippen molar-refractivity contribution in [1.29, 1.82) is 0 Å². The molecule has 106 valence electrons. The lowest BCUT2D eigenvalue weighted by molar-refractivity contribution is 0.0478. The van der Waals surface area contributed by atoms with Gasteiger partial charge in [0.15, 0.2) is 0 Å². The average molecular weight is 288 g/mol. The van der Waals surface area contributed by atoms with E-state index in [9.17, 15) is 4.79 Å². The molecule has 2 rings (SSSR count). The van der Waals surface area contributed by atoms with Crippen LogP contribution in [0.4, 0.5) is 0 Å². The van der Waals surface area contributed by atoms with Crippen LogP contribution in [0.25, 0.3) is 0 Å². The minimum Gasteiger partial charge on any atom is -0.457 e. The summed E-state index contributed by atoms with van der Waals surface area (Å²) in [5.74, 6) is -0.218. The first-order chi connectivity index (χ1) is 9.70. The van der Waals surface area contributed by atoms with Crippen molar-refractivity contribution in [3.05, 3.63) is 57.3 Å². The van der Waals surface area contributed by atoms with Gasteiger partial charge in [0, 0.05) is 4.88 Å². The molecule has 0 N–H and O–H groups in total. The number of esters is 1. The summed E-state index contributed by atoms with van der Waals surface area (Å²) < 4.78 is 5.36. The maximum absolute atomic E-state index is 12.0. The van der Waals surface area contributed by atoms with Crippen LogP contribution in [0.15, 0.2) is 36.4 Å². The minimum atomic E-state index is -0.218. The Kier molecular flexibility index (Phi) is 5.36. The number of ether oxygens (including phenoxy) is 1. The second kappa shape index (κ2) is 7.25. The Morgan fingerprint density at radius 2 is 2.00 bits per heavy atom. The molecule has 0 spiro atoms. The molecule has 0 bridgehead atoms. The van der Waals surface area contributed by atoms with E-state index in [4.69, 9.17) is 4.74 Å². The number of hydrogen-bond donors (Lipinski definition) is 0. The Labute approximate surface area is 124 Å². The monoisotopic (exact) mass is 288 g/mol. The van der Waals surface area contributed by atoms with Gasteiger partial charge in [0.25, 0.3) is 0 Å². The fourth-order valence-electron chi connectivity index (χ4n) is 2.00. The van der Waals surface area contributed by atoms with Crippen molar-refractivity contribution < 1.29 is 9.53 Å². The Bertz CT molecular complexity index is 558. The summed E-state index contributed by atoms with van der Waals surface area (Å²) in [7, 11) is 0. The maximum atomic E-state index is 12.0. The van der Waals surface area contributed by atoms with Gasteiger partial charge in [0.05, 0.1) is 0 Å². The van der Waals surface area contributed by atoms with Crippen LogP contribution in [-0.4, -0.2) is 5.97 Å². The molecule has 0 amide bonds. The van der Waals surface area contributed by atoms with Gasteiger partial charge >= 0.3 is 5.97 Å². The quantitative estimate of drug-likeness (QED) is 0.717. The summed E-state index contributed by atoms with van der Waals surface area (Å²) in [5.41, 5.74) is 2.22. The van der Waals surface area contributed by atoms with Crippen LogP contribution in [0.2, 0.25) is 0 Å². The normalized spacial score (nSPS) is 10.5. The predicted molar refractivity (Wildman–Crippen MR) is 83.2 cm³/mol. The van der Waals surface area contributed by atoms with Gasteiger partial charge < -0.3 is 4.74 Å². The molecule has 20 heavy (non-hydrogen) atoms. The largest absolute Gasteiger partial charge is 0.457 e. The Morgan fingerprint density at radius 1 is 1.25 bits per heavy atom. The number of benzene rings is 1. The summed E-state index contributed by atoms with van der Waals surface area (Å²) in [4.78, 5) is 14.1. The van der Waals surface area contributed by atoms with Gasteiger partial charge in [-0.25, -0.2) is 4.79 Å². The molecule has 0 atom stereocenters. The van der Waals surface area contributed by atoms with Crippen molar-refractivity contribution in [2.75, 3.05) is 0 Å². The van der Waals surface area contributed by atoms with Gasteiger partial charge in [-0.15, -0.1) is 11.3 Å². The lowest BCUT2D eigenvalue weighted by atomic mass is 10.1. The van der Waals surface area contributed by atoms with Crippen molar-refractivity contribution in [2.45, 2.75) is 39.7 Å². The first-order valence-electron chi connectivity index (χ1n) is 7.01. The Morgan fingerprint density at radius 3 is 2.70 bits per heavy atom. The fourth-order valence-corrected chi connectivity index (χ4v) is 3.11. The van der Waals surface area contributed by atoms with E-state index in [1.807, 2.05) is 36.4 Å². The smallest absolute Gasteiger partial charge is 0.348 e. The molecule has 0 radical (unpaired) electrons. The highest BCUT2D eigenvalue weighted by molar-refractivity contribution is 7.14. The van der Waals surface area contributed by atoms with E-state index in [1.54, 1.807) is 11.3 Å². The molecule has 0 aliphatic heterocycles. The molecule has 1 aromatic heterocycles. The van der Waals surface area contributed by atoms with Gasteiger partial charge in [-0.3, -0.25) is 0 Å². The van der Waals surface area contributed by atoms with E-state index < -0.39 is 0 Å². The zero-order valence-corrected chi connectivity index (χ0v) is 12.8. The minimum absolute atomic E-state index is 0.218. The maximum Gasteiger partial charge on any atom is 0.348 e. The van der Waals surface area contributed by atoms with Crippen molar-refractivity contribution >= 4 is 17.3 Å². The first-order valence-corrected chi connectivity index (χ1v) is 7.82. The highest BCUT2D eigenvalue weighted by Crippen LogP contribution is 2.24. The third-order valence-corrected chi connectivity index (χ3v) is 4.47. The summed E-state index contributed by atoms with van der Waals surface area (Å²) in [5, 5.41) is 0. The van der Waals surface area contributed by atoms with Crippen molar-refractivity contribution in [1.82, 2.24) is 0 Å². The number of rotatable bonds is 6. The molecule has 0 fully saturated rings. The standard InChI is InChI=1S/C17H20O2S/c1-3-4-10-15-13(2)11-16(20-15)17(18)19-12-14-8-6-5-7-9-14/h5-9,11H,3-4,10,12H2,1-2H3. The second-order valence-corrected chi connectivity index (χ2v) is 6.02. The summed E-state index contributed by atoms with van der Waals surface area (Å²) >= 11 is 1.57. The van der Waals surface area contributed by atoms with Crippen LogP contribution in [0, 0.1) is 6.92 Å². The van der Waals surface area contributed by atoms with Crippen molar-refractivity contribution in [3.63, 3.8) is 0 Å². The molecule has 1 aromatic carbocycles. The zero-order valence-electron chi connectivity index (χ0n) is 12.0. The topological polar surface area (TPSA) is 26.3 Å². The molecule has 2 nitrogen and oxygen atoms in total. The third kappa shape index (κ3) is 3.94. The predicted octanol–water partition coefficient (Wildman–Crippen LogP) is 4.76. The van der Waals surface area contributed by atoms with E-state index in [2.05, 4.69) is 13.8 Å². The lowest BCUT2D eigenvalue weighted by Gasteiger charge is -2.02. The van der Waals surface area contributed by atoms with Gasteiger partial charge in [-0.2, -0.15) is 0 Å². The fraction of sp³-hybridized carbons (Fsp3) is 0.353. The number of unbranched alkanes of at least 4 members (excludes halogenated alkanes) is 1. The van der Waals surface area contributed by atoms with E-state index in [1.165, 1.54) is 23.3 Å². The van der Waals surface area contributed by atoms with Gasteiger partial charge in [-0.1, -0.05) is 43.7 Å². The van der Waals surface area contributed by atoms with Crippen LogP contribution < -0.4 is 0 Å². The number of carbonyl (C=O) groups is 1. The van der Waals surface area contributed by atoms with Gasteiger partial charge in [0.2, 0.25) is 0 Å². The first kappa shape index (κ1) is 14.8. The number of carbonyl (C=O) groups excluding carboxylic acids is 1. The van der Waals surface area contributed by atoms with E-state index >= 15 is 0 Å². The molecular formula is C17H20O2S. The molecule has 0 aliphatic carbocycles. The number of aryl methyl sites for hydroxylation is 2. The van der Waals surface area contributed by atoms with E-state index in [0.717, 1.165) is 12.0 Å². The van der Waals surface area contributed by atoms with Gasteiger partial charge in [0.1, 0.15) is 11.5 Å². The van der Waals surface area contributed by atoms with Crippen LogP contribution in [0.1, 0.15) is 45.4 Å². The van der Waals surface area contributed by atoms with Gasteiger partial charge in [-0.05, 0) is 37.0 Å². The zero-order chi connectivity index (χ0) is 14.4. The van der Waals surface area contributed by atoms with Crippen LogP contribution in [-0.2, 0) is 17.8 Å². The molecule has 0 aliphatic rings. The van der Waals surface area contributed by atoms with E-state index in [0.29, 0.717) is 11.5 Å². The Hall–Kier alpha value is -1.61. The summed E-state index contributed by atoms with van der Waals surface area (Å²) in [6, 6.07) is 11.7. The number of thiophene rings is 1. The summed E-state index contributed by atoms with van der Waals surface area (Å²) in [6.07, 6.45) is 3.39. The average Bonchev–Trinajstić information content (AvgIpc) is 2.85. The van der Waals surface area contributed by atoms with Crippen molar-refractivity contribution in [2.24, 2.45) is 0 Å². The van der Waals surface area contributed by atoms with Crippen LogP contribution >= 0.6 is 11.3 Å². The molecular weight excluding hydrogens is 268 g/mol. The third-order valence-electron chi connectivity index (χ3n) is 3.19.